The topological polar surface area (TPSA) is 23.8 Å². The zero-order chi connectivity index (χ0) is 4.99. The molecule has 0 aliphatic carbocycles. The molecule has 0 aliphatic heterocycles. The van der Waals surface area contributed by atoms with E-state index in [1.807, 2.05) is 6.07 Å². The molecule has 0 rings (SSSR count). The van der Waals surface area contributed by atoms with E-state index in [4.69, 9.17) is 5.26 Å². The average Bonchev–Trinajstić information content (AvgIpc) is 1.65. The first kappa shape index (κ1) is 5.23. The van der Waals surface area contributed by atoms with Crippen LogP contribution in [0.3, 0.4) is 0 Å². The third-order valence-electron chi connectivity index (χ3n) is 0.557. The Balaban J connectivity index is 3.30. The number of allylic oxidation sites excluding steroid dienone is 1. The maximum atomic E-state index is 8.01. The molecule has 0 spiro atoms. The van der Waals surface area contributed by atoms with E-state index >= 15 is 0 Å². The van der Waals surface area contributed by atoms with E-state index in [0.29, 0.717) is 0 Å². The van der Waals surface area contributed by atoms with Crippen LogP contribution < -0.4 is 0 Å². The van der Waals surface area contributed by atoms with E-state index in [1.165, 1.54) is 0 Å². The molecule has 1 nitrogen and oxygen atoms in total. The van der Waals surface area contributed by atoms with Gasteiger partial charge in [-0.3, -0.25) is 0 Å². The summed E-state index contributed by atoms with van der Waals surface area (Å²) in [6.45, 7) is 5.21. The van der Waals surface area contributed by atoms with E-state index < -0.39 is 0 Å². The number of hydrogen-bond donors (Lipinski definition) is 0. The van der Waals surface area contributed by atoms with Crippen molar-refractivity contribution in [1.82, 2.24) is 0 Å². The highest BCUT2D eigenvalue weighted by Crippen LogP contribution is 1.87. The fourth-order valence-corrected chi connectivity index (χ4v) is 0.0527. The molecule has 0 saturated heterocycles. The minimum Gasteiger partial charge on any atom is -0.198 e. The van der Waals surface area contributed by atoms with Crippen LogP contribution in [0, 0.1) is 17.2 Å². The van der Waals surface area contributed by atoms with Crippen LogP contribution in [0.2, 0.25) is 0 Å². The Bertz CT molecular complexity index is 78.4. The molecule has 0 aromatic rings. The summed E-state index contributed by atoms with van der Waals surface area (Å²) in [5, 5.41) is 8.01. The van der Waals surface area contributed by atoms with Gasteiger partial charge in [-0.25, -0.2) is 0 Å². The minimum atomic E-state index is 0.00463. The summed E-state index contributed by atoms with van der Waals surface area (Å²) >= 11 is 0. The molecule has 0 aromatic carbocycles. The van der Waals surface area contributed by atoms with Crippen molar-refractivity contribution < 1.29 is 0 Å². The van der Waals surface area contributed by atoms with E-state index in [9.17, 15) is 0 Å². The van der Waals surface area contributed by atoms with Gasteiger partial charge in [0, 0.05) is 0 Å². The molecule has 0 heterocycles. The first-order chi connectivity index (χ1) is 2.81. The van der Waals surface area contributed by atoms with Gasteiger partial charge in [-0.05, 0) is 6.92 Å². The fourth-order valence-electron chi connectivity index (χ4n) is 0.0527. The number of nitriles is 1. The van der Waals surface area contributed by atoms with Crippen LogP contribution in [-0.2, 0) is 0 Å². The molecule has 0 saturated carbocycles. The quantitative estimate of drug-likeness (QED) is 0.437. The maximum absolute atomic E-state index is 8.01. The molecule has 0 radical (unpaired) electrons. The van der Waals surface area contributed by atoms with Crippen molar-refractivity contribution in [2.45, 2.75) is 6.92 Å². The minimum absolute atomic E-state index is 0.00463. The first-order valence-corrected chi connectivity index (χ1v) is 1.83. The normalized spacial score (nSPS) is 12.0. The first-order valence-electron chi connectivity index (χ1n) is 1.83. The molecule has 0 N–H and O–H groups in total. The van der Waals surface area contributed by atoms with Crippen LogP contribution in [0.5, 0.6) is 0 Å². The predicted molar refractivity (Wildman–Crippen MR) is 25.0 cm³/mol. The molecule has 0 aliphatic rings. The Hall–Kier alpha value is -0.770. The van der Waals surface area contributed by atoms with Gasteiger partial charge in [-0.2, -0.15) is 5.26 Å². The lowest BCUT2D eigenvalue weighted by Gasteiger charge is -1.80. The van der Waals surface area contributed by atoms with Crippen molar-refractivity contribution in [1.29, 1.82) is 5.26 Å². The van der Waals surface area contributed by atoms with Crippen molar-refractivity contribution in [3.05, 3.63) is 12.7 Å². The molecule has 1 heteroatoms. The summed E-state index contributed by atoms with van der Waals surface area (Å²) in [6, 6.07) is 2.00. The Morgan fingerprint density at radius 2 is 2.50 bits per heavy atom. The second-order valence-corrected chi connectivity index (χ2v) is 1.15. The van der Waals surface area contributed by atoms with Crippen molar-refractivity contribution in [3.8, 4) is 6.07 Å². The van der Waals surface area contributed by atoms with Crippen molar-refractivity contribution in [2.75, 3.05) is 0 Å². The fraction of sp³-hybridized carbons (Fsp3) is 0.400. The SMILES string of the molecule is C=C[C@H](C)C#N. The van der Waals surface area contributed by atoms with Gasteiger partial charge in [0.25, 0.3) is 0 Å². The van der Waals surface area contributed by atoms with Crippen molar-refractivity contribution in [3.63, 3.8) is 0 Å². The molecule has 0 bridgehead atoms. The number of nitrogens with zero attached hydrogens (tertiary/aromatic N) is 1. The summed E-state index contributed by atoms with van der Waals surface area (Å²) in [6.07, 6.45) is 1.61. The van der Waals surface area contributed by atoms with Crippen LogP contribution in [-0.4, -0.2) is 0 Å². The van der Waals surface area contributed by atoms with E-state index in [2.05, 4.69) is 6.58 Å². The highest BCUT2D eigenvalue weighted by molar-refractivity contribution is 4.91. The van der Waals surface area contributed by atoms with Gasteiger partial charge in [-0.15, -0.1) is 6.58 Å². The van der Waals surface area contributed by atoms with Crippen LogP contribution in [0.25, 0.3) is 0 Å². The van der Waals surface area contributed by atoms with Gasteiger partial charge in [0.05, 0.1) is 12.0 Å². The van der Waals surface area contributed by atoms with E-state index in [-0.39, 0.29) is 5.92 Å². The summed E-state index contributed by atoms with van der Waals surface area (Å²) in [5.41, 5.74) is 0. The van der Waals surface area contributed by atoms with E-state index in [1.54, 1.807) is 13.0 Å². The summed E-state index contributed by atoms with van der Waals surface area (Å²) in [4.78, 5) is 0. The van der Waals surface area contributed by atoms with Crippen LogP contribution in [0.1, 0.15) is 6.92 Å². The lowest BCUT2D eigenvalue weighted by atomic mass is 10.2. The van der Waals surface area contributed by atoms with Gasteiger partial charge < -0.3 is 0 Å². The summed E-state index contributed by atoms with van der Waals surface area (Å²) in [7, 11) is 0. The van der Waals surface area contributed by atoms with Crippen LogP contribution >= 0.6 is 0 Å². The molecule has 1 atom stereocenters. The highest BCUT2D eigenvalue weighted by atomic mass is 14.2. The van der Waals surface area contributed by atoms with Gasteiger partial charge in [0.1, 0.15) is 0 Å². The molecule has 0 aromatic heterocycles. The maximum Gasteiger partial charge on any atom is 0.0694 e. The summed E-state index contributed by atoms with van der Waals surface area (Å²) < 4.78 is 0. The number of hydrogen-bond acceptors (Lipinski definition) is 1. The highest BCUT2D eigenvalue weighted by Gasteiger charge is 1.83. The lowest BCUT2D eigenvalue weighted by molar-refractivity contribution is 0.960. The van der Waals surface area contributed by atoms with Gasteiger partial charge in [-0.1, -0.05) is 6.08 Å². The number of rotatable bonds is 1. The third-order valence-corrected chi connectivity index (χ3v) is 0.557. The molecule has 0 unspecified atom stereocenters. The second-order valence-electron chi connectivity index (χ2n) is 1.15. The Morgan fingerprint density at radius 1 is 2.00 bits per heavy atom. The predicted octanol–water partition coefficient (Wildman–Crippen LogP) is 1.33. The van der Waals surface area contributed by atoms with Gasteiger partial charge in [0.2, 0.25) is 0 Å². The molecule has 32 valence electrons. The Morgan fingerprint density at radius 3 is 2.50 bits per heavy atom. The largest absolute Gasteiger partial charge is 0.198 e. The monoisotopic (exact) mass is 81.1 g/mol. The Kier molecular flexibility index (Phi) is 2.15. The molecular formula is C5H7N. The zero-order valence-corrected chi connectivity index (χ0v) is 3.81. The van der Waals surface area contributed by atoms with Crippen LogP contribution in [0.4, 0.5) is 0 Å². The van der Waals surface area contributed by atoms with Crippen molar-refractivity contribution >= 4 is 0 Å². The third kappa shape index (κ3) is 1.54. The summed E-state index contributed by atoms with van der Waals surface area (Å²) in [5.74, 6) is 0.00463. The molecule has 6 heavy (non-hydrogen) atoms. The van der Waals surface area contributed by atoms with Crippen LogP contribution in [0.15, 0.2) is 12.7 Å². The molecule has 0 fully saturated rings. The van der Waals surface area contributed by atoms with E-state index in [0.717, 1.165) is 0 Å². The lowest BCUT2D eigenvalue weighted by Crippen LogP contribution is -1.76. The van der Waals surface area contributed by atoms with Gasteiger partial charge >= 0.3 is 0 Å². The molecule has 0 amide bonds. The average molecular weight is 81.1 g/mol. The molecular weight excluding hydrogens is 74.1 g/mol. The second kappa shape index (κ2) is 2.47. The zero-order valence-electron chi connectivity index (χ0n) is 3.81. The smallest absolute Gasteiger partial charge is 0.0694 e. The standard InChI is InChI=1S/C5H7N/c1-3-5(2)4-6/h3,5H,1H2,2H3/t5-/m0/s1. The van der Waals surface area contributed by atoms with Gasteiger partial charge in [0.15, 0.2) is 0 Å². The van der Waals surface area contributed by atoms with Crippen molar-refractivity contribution in [2.24, 2.45) is 5.92 Å². The Labute approximate surface area is 37.9 Å².